The zero-order chi connectivity index (χ0) is 17.8. The fraction of sp³-hybridized carbons (Fsp3) is 0.200. The molecule has 128 valence electrons. The van der Waals surface area contributed by atoms with Crippen molar-refractivity contribution in [3.05, 3.63) is 66.7 Å². The number of ether oxygens (including phenoxy) is 1. The smallest absolute Gasteiger partial charge is 0.268 e. The third-order valence-electron chi connectivity index (χ3n) is 3.97. The molecule has 1 N–H and O–H groups in total. The molecule has 0 aromatic heterocycles. The first kappa shape index (κ1) is 16.8. The quantitative estimate of drug-likeness (QED) is 0.853. The number of nitrogens with zero attached hydrogens (tertiary/aromatic N) is 1. The average Bonchev–Trinajstić information content (AvgIpc) is 2.59. The van der Waals surface area contributed by atoms with E-state index in [1.165, 1.54) is 0 Å². The maximum atomic E-state index is 12.2. The minimum absolute atomic E-state index is 0.103. The fourth-order valence-corrected chi connectivity index (χ4v) is 2.79. The first-order chi connectivity index (χ1) is 12.1. The van der Waals surface area contributed by atoms with Gasteiger partial charge in [0.15, 0.2) is 6.10 Å². The second-order valence-corrected chi connectivity index (χ2v) is 5.89. The highest BCUT2D eigenvalue weighted by Gasteiger charge is 2.30. The van der Waals surface area contributed by atoms with Gasteiger partial charge in [-0.05, 0) is 24.6 Å². The van der Waals surface area contributed by atoms with Crippen LogP contribution in [0.15, 0.2) is 61.2 Å². The molecule has 0 spiro atoms. The summed E-state index contributed by atoms with van der Waals surface area (Å²) in [5.41, 5.74) is 2.27. The van der Waals surface area contributed by atoms with Crippen molar-refractivity contribution in [2.45, 2.75) is 19.4 Å². The van der Waals surface area contributed by atoms with Crippen LogP contribution in [0.4, 0.5) is 11.4 Å². The van der Waals surface area contributed by atoms with E-state index in [4.69, 9.17) is 4.74 Å². The van der Waals surface area contributed by atoms with Gasteiger partial charge >= 0.3 is 0 Å². The number of fused-ring (bicyclic) bond motifs is 1. The monoisotopic (exact) mass is 336 g/mol. The van der Waals surface area contributed by atoms with Crippen LogP contribution < -0.4 is 15.0 Å². The summed E-state index contributed by atoms with van der Waals surface area (Å²) < 4.78 is 5.68. The van der Waals surface area contributed by atoms with Gasteiger partial charge in [0.1, 0.15) is 5.75 Å². The van der Waals surface area contributed by atoms with Gasteiger partial charge in [0.25, 0.3) is 5.91 Å². The highest BCUT2D eigenvalue weighted by Crippen LogP contribution is 2.36. The number of carbonyl (C=O) groups excluding carboxylic acids is 2. The van der Waals surface area contributed by atoms with Crippen molar-refractivity contribution in [3.8, 4) is 5.75 Å². The Morgan fingerprint density at radius 3 is 2.76 bits per heavy atom. The lowest BCUT2D eigenvalue weighted by molar-refractivity contribution is -0.125. The van der Waals surface area contributed by atoms with Gasteiger partial charge < -0.3 is 15.0 Å². The van der Waals surface area contributed by atoms with Crippen LogP contribution in [0.3, 0.4) is 0 Å². The SMILES string of the molecule is C=CCN1C(=O)C(C)Oc2cc(NC(=O)Cc3ccccc3)ccc21. The fourth-order valence-electron chi connectivity index (χ4n) is 2.79. The molecule has 1 aliphatic rings. The summed E-state index contributed by atoms with van der Waals surface area (Å²) >= 11 is 0. The van der Waals surface area contributed by atoms with E-state index in [2.05, 4.69) is 11.9 Å². The van der Waals surface area contributed by atoms with E-state index in [1.54, 1.807) is 36.1 Å². The normalized spacial score (nSPS) is 16.0. The highest BCUT2D eigenvalue weighted by atomic mass is 16.5. The second kappa shape index (κ2) is 7.21. The van der Waals surface area contributed by atoms with Crippen molar-refractivity contribution >= 4 is 23.2 Å². The summed E-state index contributed by atoms with van der Waals surface area (Å²) in [7, 11) is 0. The Labute approximate surface area is 146 Å². The van der Waals surface area contributed by atoms with Gasteiger partial charge in [-0.3, -0.25) is 9.59 Å². The van der Waals surface area contributed by atoms with Crippen LogP contribution in [-0.2, 0) is 16.0 Å². The predicted molar refractivity (Wildman–Crippen MR) is 97.9 cm³/mol. The number of nitrogens with one attached hydrogen (secondary N) is 1. The third-order valence-corrected chi connectivity index (χ3v) is 3.97. The molecule has 0 saturated carbocycles. The highest BCUT2D eigenvalue weighted by molar-refractivity contribution is 6.01. The molecule has 5 heteroatoms. The zero-order valence-corrected chi connectivity index (χ0v) is 14.1. The van der Waals surface area contributed by atoms with E-state index < -0.39 is 6.10 Å². The number of hydrogen-bond acceptors (Lipinski definition) is 3. The minimum Gasteiger partial charge on any atom is -0.479 e. The van der Waals surface area contributed by atoms with Gasteiger partial charge in [-0.2, -0.15) is 0 Å². The molecule has 3 rings (SSSR count). The molecule has 0 bridgehead atoms. The van der Waals surface area contributed by atoms with Crippen molar-refractivity contribution in [1.29, 1.82) is 0 Å². The molecule has 1 atom stereocenters. The van der Waals surface area contributed by atoms with E-state index in [-0.39, 0.29) is 11.8 Å². The average molecular weight is 336 g/mol. The largest absolute Gasteiger partial charge is 0.479 e. The summed E-state index contributed by atoms with van der Waals surface area (Å²) in [6.45, 7) is 5.82. The molecule has 2 aromatic carbocycles. The number of amides is 2. The summed E-state index contributed by atoms with van der Waals surface area (Å²) in [4.78, 5) is 26.1. The molecule has 25 heavy (non-hydrogen) atoms. The van der Waals surface area contributed by atoms with Crippen molar-refractivity contribution < 1.29 is 14.3 Å². The predicted octanol–water partition coefficient (Wildman–Crippen LogP) is 3.17. The molecule has 0 fully saturated rings. The van der Waals surface area contributed by atoms with E-state index in [9.17, 15) is 9.59 Å². The number of hydrogen-bond donors (Lipinski definition) is 1. The molecule has 5 nitrogen and oxygen atoms in total. The second-order valence-electron chi connectivity index (χ2n) is 5.89. The van der Waals surface area contributed by atoms with Gasteiger partial charge in [0, 0.05) is 18.3 Å². The van der Waals surface area contributed by atoms with Gasteiger partial charge in [0.2, 0.25) is 5.91 Å². The Hall–Kier alpha value is -3.08. The lowest BCUT2D eigenvalue weighted by atomic mass is 10.1. The van der Waals surface area contributed by atoms with Crippen molar-refractivity contribution in [2.75, 3.05) is 16.8 Å². The first-order valence-electron chi connectivity index (χ1n) is 8.15. The standard InChI is InChI=1S/C20H20N2O3/c1-3-11-22-17-10-9-16(13-18(17)25-14(2)20(22)24)21-19(23)12-15-7-5-4-6-8-15/h3-10,13-14H,1,11-12H2,2H3,(H,21,23). The number of carbonyl (C=O) groups is 2. The molecule has 0 saturated heterocycles. The maximum Gasteiger partial charge on any atom is 0.268 e. The molecule has 2 amide bonds. The van der Waals surface area contributed by atoms with Gasteiger partial charge in [-0.15, -0.1) is 6.58 Å². The Kier molecular flexibility index (Phi) is 4.84. The zero-order valence-electron chi connectivity index (χ0n) is 14.1. The van der Waals surface area contributed by atoms with Crippen molar-refractivity contribution in [1.82, 2.24) is 0 Å². The van der Waals surface area contributed by atoms with Crippen LogP contribution in [0, 0.1) is 0 Å². The molecular formula is C20H20N2O3. The van der Waals surface area contributed by atoms with E-state index >= 15 is 0 Å². The number of anilines is 2. The number of rotatable bonds is 5. The molecule has 1 unspecified atom stereocenters. The third kappa shape index (κ3) is 3.71. The Morgan fingerprint density at radius 1 is 1.28 bits per heavy atom. The summed E-state index contributed by atoms with van der Waals surface area (Å²) in [5, 5.41) is 2.87. The lowest BCUT2D eigenvalue weighted by Crippen LogP contribution is -2.44. The summed E-state index contributed by atoms with van der Waals surface area (Å²) in [6, 6.07) is 14.8. The Bertz CT molecular complexity index is 802. The van der Waals surface area contributed by atoms with Crippen LogP contribution in [0.25, 0.3) is 0 Å². The summed E-state index contributed by atoms with van der Waals surface area (Å²) in [5.74, 6) is 0.369. The van der Waals surface area contributed by atoms with Gasteiger partial charge in [-0.1, -0.05) is 36.4 Å². The minimum atomic E-state index is -0.567. The molecule has 0 radical (unpaired) electrons. The molecule has 1 heterocycles. The molecule has 1 aliphatic heterocycles. The van der Waals surface area contributed by atoms with E-state index in [0.717, 1.165) is 5.56 Å². The van der Waals surface area contributed by atoms with E-state index in [0.29, 0.717) is 30.1 Å². The molecule has 2 aromatic rings. The van der Waals surface area contributed by atoms with Crippen LogP contribution in [-0.4, -0.2) is 24.5 Å². The van der Waals surface area contributed by atoms with Crippen LogP contribution in [0.2, 0.25) is 0 Å². The van der Waals surface area contributed by atoms with Crippen LogP contribution in [0.5, 0.6) is 5.75 Å². The van der Waals surface area contributed by atoms with Crippen LogP contribution in [0.1, 0.15) is 12.5 Å². The van der Waals surface area contributed by atoms with Crippen molar-refractivity contribution in [3.63, 3.8) is 0 Å². The Morgan fingerprint density at radius 2 is 2.04 bits per heavy atom. The van der Waals surface area contributed by atoms with Gasteiger partial charge in [0.05, 0.1) is 12.1 Å². The van der Waals surface area contributed by atoms with E-state index in [1.807, 2.05) is 30.3 Å². The van der Waals surface area contributed by atoms with Crippen molar-refractivity contribution in [2.24, 2.45) is 0 Å². The van der Waals surface area contributed by atoms with Crippen LogP contribution >= 0.6 is 0 Å². The molecule has 0 aliphatic carbocycles. The molecular weight excluding hydrogens is 316 g/mol. The Balaban J connectivity index is 1.77. The van der Waals surface area contributed by atoms with Gasteiger partial charge in [-0.25, -0.2) is 0 Å². The number of benzene rings is 2. The topological polar surface area (TPSA) is 58.6 Å². The first-order valence-corrected chi connectivity index (χ1v) is 8.15. The maximum absolute atomic E-state index is 12.2. The lowest BCUT2D eigenvalue weighted by Gasteiger charge is -2.32. The summed E-state index contributed by atoms with van der Waals surface area (Å²) in [6.07, 6.45) is 1.41.